The van der Waals surface area contributed by atoms with E-state index in [2.05, 4.69) is 35.2 Å². The molecule has 27 heavy (non-hydrogen) atoms. The van der Waals surface area contributed by atoms with E-state index in [9.17, 15) is 4.79 Å². The molecule has 2 saturated heterocycles. The Labute approximate surface area is 166 Å². The summed E-state index contributed by atoms with van der Waals surface area (Å²) < 4.78 is 0. The van der Waals surface area contributed by atoms with Crippen molar-refractivity contribution in [3.63, 3.8) is 0 Å². The molecule has 0 atom stereocenters. The molecule has 4 heteroatoms. The molecule has 2 heterocycles. The van der Waals surface area contributed by atoms with Crippen molar-refractivity contribution >= 4 is 17.5 Å². The van der Waals surface area contributed by atoms with Crippen molar-refractivity contribution in [2.75, 3.05) is 26.2 Å². The van der Waals surface area contributed by atoms with Gasteiger partial charge in [-0.15, -0.1) is 0 Å². The van der Waals surface area contributed by atoms with Crippen LogP contribution >= 0.6 is 11.6 Å². The normalized spacial score (nSPS) is 20.0. The molecule has 1 amide bonds. The lowest BCUT2D eigenvalue weighted by atomic mass is 9.79. The van der Waals surface area contributed by atoms with Crippen LogP contribution in [-0.4, -0.2) is 41.9 Å². The highest BCUT2D eigenvalue weighted by Crippen LogP contribution is 2.40. The first-order valence-corrected chi connectivity index (χ1v) is 10.4. The zero-order valence-corrected chi connectivity index (χ0v) is 16.5. The van der Waals surface area contributed by atoms with Crippen LogP contribution in [0.15, 0.2) is 54.6 Å². The fourth-order valence-corrected chi connectivity index (χ4v) is 4.82. The van der Waals surface area contributed by atoms with Gasteiger partial charge in [0.15, 0.2) is 0 Å². The van der Waals surface area contributed by atoms with E-state index < -0.39 is 0 Å². The number of nitrogens with zero attached hydrogens (tertiary/aromatic N) is 2. The number of likely N-dealkylation sites (tertiary alicyclic amines) is 2. The van der Waals surface area contributed by atoms with Gasteiger partial charge in [0.1, 0.15) is 0 Å². The van der Waals surface area contributed by atoms with Gasteiger partial charge in [0.05, 0.1) is 6.42 Å². The third kappa shape index (κ3) is 3.90. The van der Waals surface area contributed by atoms with Gasteiger partial charge in [-0.2, -0.15) is 0 Å². The second-order valence-electron chi connectivity index (χ2n) is 7.78. The van der Waals surface area contributed by atoms with Crippen LogP contribution in [0.5, 0.6) is 0 Å². The van der Waals surface area contributed by atoms with Crippen LogP contribution in [0.1, 0.15) is 36.8 Å². The zero-order chi connectivity index (χ0) is 18.7. The van der Waals surface area contributed by atoms with Gasteiger partial charge in [0.2, 0.25) is 5.91 Å². The number of benzene rings is 2. The molecule has 4 rings (SSSR count). The Morgan fingerprint density at radius 3 is 2.15 bits per heavy atom. The predicted octanol–water partition coefficient (Wildman–Crippen LogP) is 4.50. The molecule has 0 saturated carbocycles. The Hall–Kier alpha value is -1.84. The summed E-state index contributed by atoms with van der Waals surface area (Å²) in [5.74, 6) is 0.223. The molecule has 142 valence electrons. The van der Waals surface area contributed by atoms with Crippen molar-refractivity contribution < 1.29 is 4.79 Å². The predicted molar refractivity (Wildman–Crippen MR) is 110 cm³/mol. The van der Waals surface area contributed by atoms with Crippen molar-refractivity contribution in [3.8, 4) is 0 Å². The smallest absolute Gasteiger partial charge is 0.226 e. The lowest BCUT2D eigenvalue weighted by molar-refractivity contribution is -0.133. The Morgan fingerprint density at radius 2 is 1.52 bits per heavy atom. The summed E-state index contributed by atoms with van der Waals surface area (Å²) in [6.45, 7) is 4.01. The number of halogens is 1. The second kappa shape index (κ2) is 8.04. The number of hydrogen-bond acceptors (Lipinski definition) is 2. The molecule has 0 aromatic heterocycles. The average molecular weight is 383 g/mol. The summed E-state index contributed by atoms with van der Waals surface area (Å²) in [7, 11) is 0. The van der Waals surface area contributed by atoms with Gasteiger partial charge in [-0.1, -0.05) is 54.1 Å². The lowest BCUT2D eigenvalue weighted by Crippen LogP contribution is -2.53. The van der Waals surface area contributed by atoms with Crippen molar-refractivity contribution in [1.82, 2.24) is 9.80 Å². The van der Waals surface area contributed by atoms with E-state index in [1.807, 2.05) is 29.2 Å². The van der Waals surface area contributed by atoms with Gasteiger partial charge >= 0.3 is 0 Å². The minimum Gasteiger partial charge on any atom is -0.342 e. The number of carbonyl (C=O) groups excluding carboxylic acids is 1. The Kier molecular flexibility index (Phi) is 5.51. The van der Waals surface area contributed by atoms with Crippen LogP contribution in [0.3, 0.4) is 0 Å². The van der Waals surface area contributed by atoms with Gasteiger partial charge in [0.25, 0.3) is 0 Å². The molecule has 0 bridgehead atoms. The molecule has 2 fully saturated rings. The van der Waals surface area contributed by atoms with Crippen molar-refractivity contribution in [1.29, 1.82) is 0 Å². The maximum absolute atomic E-state index is 12.8. The van der Waals surface area contributed by atoms with Crippen LogP contribution in [0.4, 0.5) is 0 Å². The van der Waals surface area contributed by atoms with Gasteiger partial charge in [0, 0.05) is 23.7 Å². The SMILES string of the molecule is O=C(Cc1ccc(Cl)cc1)N1CCC(c2ccccc2)(N2CCCC2)CC1. The van der Waals surface area contributed by atoms with Gasteiger partial charge < -0.3 is 4.90 Å². The highest BCUT2D eigenvalue weighted by atomic mass is 35.5. The van der Waals surface area contributed by atoms with Crippen molar-refractivity contribution in [2.24, 2.45) is 0 Å². The molecule has 3 nitrogen and oxygen atoms in total. The monoisotopic (exact) mass is 382 g/mol. The van der Waals surface area contributed by atoms with Gasteiger partial charge in [-0.3, -0.25) is 9.69 Å². The first-order valence-electron chi connectivity index (χ1n) is 10.0. The number of amides is 1. The largest absolute Gasteiger partial charge is 0.342 e. The number of hydrogen-bond donors (Lipinski definition) is 0. The summed E-state index contributed by atoms with van der Waals surface area (Å²) in [5.41, 5.74) is 2.54. The molecular weight excluding hydrogens is 356 g/mol. The molecular formula is C23H27ClN2O. The first kappa shape index (κ1) is 18.5. The number of carbonyl (C=O) groups is 1. The third-order valence-corrected chi connectivity index (χ3v) is 6.49. The third-order valence-electron chi connectivity index (χ3n) is 6.23. The van der Waals surface area contributed by atoms with Gasteiger partial charge in [-0.05, 0) is 62.0 Å². The first-order chi connectivity index (χ1) is 13.2. The highest BCUT2D eigenvalue weighted by Gasteiger charge is 2.42. The standard InChI is InChI=1S/C23H27ClN2O/c24-21-10-8-19(9-11-21)18-22(27)25-16-12-23(13-17-25,26-14-4-5-15-26)20-6-2-1-3-7-20/h1-3,6-11H,4-5,12-18H2. The molecule has 2 aliphatic heterocycles. The van der Waals surface area contributed by atoms with E-state index in [0.717, 1.165) is 31.5 Å². The zero-order valence-electron chi connectivity index (χ0n) is 15.7. The van der Waals surface area contributed by atoms with Crippen LogP contribution in [-0.2, 0) is 16.8 Å². The minimum atomic E-state index is 0.0921. The van der Waals surface area contributed by atoms with E-state index in [4.69, 9.17) is 11.6 Å². The fourth-order valence-electron chi connectivity index (χ4n) is 4.70. The number of piperidine rings is 1. The number of rotatable bonds is 4. The average Bonchev–Trinajstić information content (AvgIpc) is 3.26. The van der Waals surface area contributed by atoms with Crippen LogP contribution in [0.2, 0.25) is 5.02 Å². The molecule has 0 spiro atoms. The van der Waals surface area contributed by atoms with E-state index in [-0.39, 0.29) is 11.4 Å². The quantitative estimate of drug-likeness (QED) is 0.777. The summed E-state index contributed by atoms with van der Waals surface area (Å²) in [5, 5.41) is 0.711. The van der Waals surface area contributed by atoms with Crippen LogP contribution < -0.4 is 0 Å². The van der Waals surface area contributed by atoms with Crippen LogP contribution in [0.25, 0.3) is 0 Å². The second-order valence-corrected chi connectivity index (χ2v) is 8.21. The van der Waals surface area contributed by atoms with E-state index in [1.165, 1.54) is 31.5 Å². The Bertz CT molecular complexity index is 761. The molecule has 2 aliphatic rings. The summed E-state index contributed by atoms with van der Waals surface area (Å²) >= 11 is 5.95. The topological polar surface area (TPSA) is 23.6 Å². The van der Waals surface area contributed by atoms with Crippen LogP contribution in [0, 0.1) is 0 Å². The molecule has 0 N–H and O–H groups in total. The van der Waals surface area contributed by atoms with E-state index >= 15 is 0 Å². The lowest BCUT2D eigenvalue weighted by Gasteiger charge is -2.48. The molecule has 0 radical (unpaired) electrons. The van der Waals surface area contributed by atoms with Gasteiger partial charge in [-0.25, -0.2) is 0 Å². The summed E-state index contributed by atoms with van der Waals surface area (Å²) in [4.78, 5) is 17.5. The fraction of sp³-hybridized carbons (Fsp3) is 0.435. The van der Waals surface area contributed by atoms with Crippen molar-refractivity contribution in [3.05, 3.63) is 70.7 Å². The Balaban J connectivity index is 1.46. The maximum atomic E-state index is 12.8. The summed E-state index contributed by atoms with van der Waals surface area (Å²) in [6.07, 6.45) is 5.06. The minimum absolute atomic E-state index is 0.0921. The van der Waals surface area contributed by atoms with E-state index in [0.29, 0.717) is 11.4 Å². The molecule has 0 aliphatic carbocycles. The summed E-state index contributed by atoms with van der Waals surface area (Å²) in [6, 6.07) is 18.5. The Morgan fingerprint density at radius 1 is 0.889 bits per heavy atom. The van der Waals surface area contributed by atoms with E-state index in [1.54, 1.807) is 0 Å². The molecule has 2 aromatic rings. The van der Waals surface area contributed by atoms with Crippen molar-refractivity contribution in [2.45, 2.75) is 37.6 Å². The maximum Gasteiger partial charge on any atom is 0.226 e. The molecule has 0 unspecified atom stereocenters. The molecule has 2 aromatic carbocycles. The highest BCUT2D eigenvalue weighted by molar-refractivity contribution is 6.30.